The van der Waals surface area contributed by atoms with Gasteiger partial charge in [-0.25, -0.2) is 9.67 Å². The van der Waals surface area contributed by atoms with E-state index in [9.17, 15) is 29.1 Å². The van der Waals surface area contributed by atoms with Crippen molar-refractivity contribution in [3.8, 4) is 0 Å². The molecule has 3 aromatic rings. The number of Topliss-reactive ketones (excluding diaryl/α,β-unsaturated/α-hetero) is 1. The maximum atomic E-state index is 14.4. The molecule has 1 aromatic carbocycles. The number of nitrogens with one attached hydrogen (secondary N) is 2. The van der Waals surface area contributed by atoms with E-state index in [1.54, 1.807) is 32.0 Å². The third-order valence-electron chi connectivity index (χ3n) is 8.69. The van der Waals surface area contributed by atoms with E-state index in [2.05, 4.69) is 30.9 Å². The lowest BCUT2D eigenvalue weighted by Crippen LogP contribution is -2.54. The number of likely N-dealkylation sites (tertiary alicyclic amines) is 1. The van der Waals surface area contributed by atoms with Crippen molar-refractivity contribution in [2.75, 3.05) is 13.1 Å². The molecule has 3 atom stereocenters. The van der Waals surface area contributed by atoms with E-state index in [0.29, 0.717) is 23.1 Å². The average molecular weight is 634 g/mol. The van der Waals surface area contributed by atoms with Crippen molar-refractivity contribution in [2.24, 2.45) is 11.7 Å². The van der Waals surface area contributed by atoms with Crippen LogP contribution in [0.3, 0.4) is 0 Å². The zero-order valence-electron chi connectivity index (χ0n) is 25.9. The van der Waals surface area contributed by atoms with Crippen LogP contribution in [-0.2, 0) is 24.8 Å². The van der Waals surface area contributed by atoms with Gasteiger partial charge >= 0.3 is 0 Å². The van der Waals surface area contributed by atoms with Crippen LogP contribution >= 0.6 is 0 Å². The fourth-order valence-corrected chi connectivity index (χ4v) is 6.28. The van der Waals surface area contributed by atoms with Gasteiger partial charge in [-0.3, -0.25) is 29.0 Å². The first-order valence-electron chi connectivity index (χ1n) is 15.5. The number of para-hydroxylation sites is 2. The number of aliphatic hydroxyl groups is 1. The number of benzene rings is 1. The Kier molecular flexibility index (Phi) is 9.70. The Labute approximate surface area is 265 Å². The molecule has 0 unspecified atom stereocenters. The van der Waals surface area contributed by atoms with E-state index in [0.717, 1.165) is 32.1 Å². The molecule has 1 aliphatic heterocycles. The molecule has 15 heteroatoms. The molecule has 1 aliphatic carbocycles. The van der Waals surface area contributed by atoms with Crippen LogP contribution in [-0.4, -0.2) is 89.6 Å². The topological polar surface area (TPSA) is 215 Å². The van der Waals surface area contributed by atoms with Crippen LogP contribution in [0.2, 0.25) is 0 Å². The largest absolute Gasteiger partial charge is 0.384 e. The minimum atomic E-state index is -1.31. The smallest absolute Gasteiger partial charge is 0.286 e. The molecule has 46 heavy (non-hydrogen) atoms. The first-order valence-corrected chi connectivity index (χ1v) is 15.5. The highest BCUT2D eigenvalue weighted by Crippen LogP contribution is 2.33. The highest BCUT2D eigenvalue weighted by atomic mass is 16.3. The van der Waals surface area contributed by atoms with E-state index >= 15 is 0 Å². The highest BCUT2D eigenvalue weighted by Gasteiger charge is 2.45. The first-order chi connectivity index (χ1) is 21.9. The summed E-state index contributed by atoms with van der Waals surface area (Å²) in [6.07, 6.45) is 8.18. The fourth-order valence-electron chi connectivity index (χ4n) is 6.28. The Hall–Kier alpha value is -4.79. The molecule has 1 saturated heterocycles. The van der Waals surface area contributed by atoms with E-state index < -0.39 is 59.7 Å². The fraction of sp³-hybridized carbons (Fsp3) is 0.516. The van der Waals surface area contributed by atoms with Gasteiger partial charge in [0, 0.05) is 13.0 Å². The maximum absolute atomic E-state index is 14.4. The number of fused-ring (bicyclic) bond motifs is 1. The Bertz CT molecular complexity index is 1630. The van der Waals surface area contributed by atoms with Gasteiger partial charge in [-0.15, -0.1) is 5.10 Å². The summed E-state index contributed by atoms with van der Waals surface area (Å²) in [5, 5.41) is 24.1. The normalized spacial score (nSPS) is 19.5. The summed E-state index contributed by atoms with van der Waals surface area (Å²) in [4.78, 5) is 74.7. The number of hydrogen-bond donors (Lipinski definition) is 4. The predicted octanol–water partition coefficient (Wildman–Crippen LogP) is 0.530. The molecule has 244 valence electrons. The summed E-state index contributed by atoms with van der Waals surface area (Å²) >= 11 is 0. The summed E-state index contributed by atoms with van der Waals surface area (Å²) in [5.41, 5.74) is 5.33. The average Bonchev–Trinajstić information content (AvgIpc) is 3.71. The molecule has 5 N–H and O–H groups in total. The van der Waals surface area contributed by atoms with Gasteiger partial charge in [0.15, 0.2) is 0 Å². The zero-order chi connectivity index (χ0) is 33.0. The molecule has 2 fully saturated rings. The number of primary amides is 1. The third kappa shape index (κ3) is 7.36. The summed E-state index contributed by atoms with van der Waals surface area (Å²) in [6.45, 7) is 2.54. The highest BCUT2D eigenvalue weighted by molar-refractivity contribution is 6.36. The number of nitrogens with zero attached hydrogens (tertiary/aromatic N) is 6. The van der Waals surface area contributed by atoms with Gasteiger partial charge in [-0.1, -0.05) is 49.5 Å². The number of ketones is 1. The quantitative estimate of drug-likeness (QED) is 0.215. The lowest BCUT2D eigenvalue weighted by atomic mass is 9.84. The van der Waals surface area contributed by atoms with Crippen molar-refractivity contribution in [3.63, 3.8) is 0 Å². The molecule has 0 radical (unpaired) electrons. The SMILES string of the molecule is CC(C)(O)c1cnnn1[C@H]1C[C@@H](C(=O)NCC(=O)C(N)=O)N(C(=O)[C@@H](CC2CCCCC2)NC(=O)c2cnc3ccccc3n2)C1. The molecule has 0 bridgehead atoms. The standard InChI is InChI=1S/C31H39N9O6/c1-31(2,46)26-16-35-38-40(26)19-13-24(29(44)34-15-25(41)27(32)42)39(17-19)30(45)22(12-18-8-4-3-5-9-18)37-28(43)23-14-33-20-10-6-7-11-21(20)36-23/h6-7,10-11,14,16,18-19,22,24,46H,3-5,8-9,12-13,15,17H2,1-2H3,(H2,32,42)(H,34,44)(H,37,43)/t19-,22+,24-/m0/s1. The lowest BCUT2D eigenvalue weighted by Gasteiger charge is -2.31. The third-order valence-corrected chi connectivity index (χ3v) is 8.69. The first kappa shape index (κ1) is 32.6. The molecular weight excluding hydrogens is 594 g/mol. The number of carbonyl (C=O) groups excluding carboxylic acids is 5. The minimum Gasteiger partial charge on any atom is -0.384 e. The molecule has 2 aromatic heterocycles. The second kappa shape index (κ2) is 13.7. The number of amides is 4. The molecule has 0 spiro atoms. The Morgan fingerprint density at radius 2 is 1.78 bits per heavy atom. The van der Waals surface area contributed by atoms with Gasteiger partial charge in [0.25, 0.3) is 11.8 Å². The summed E-state index contributed by atoms with van der Waals surface area (Å²) in [6, 6.07) is 4.50. The molecule has 15 nitrogen and oxygen atoms in total. The summed E-state index contributed by atoms with van der Waals surface area (Å²) in [5.74, 6) is -3.72. The summed E-state index contributed by atoms with van der Waals surface area (Å²) < 4.78 is 1.49. The van der Waals surface area contributed by atoms with Crippen LogP contribution in [0.25, 0.3) is 11.0 Å². The Morgan fingerprint density at radius 3 is 2.48 bits per heavy atom. The molecular formula is C31H39N9O6. The van der Waals surface area contributed by atoms with Gasteiger partial charge in [-0.2, -0.15) is 0 Å². The van der Waals surface area contributed by atoms with Crippen LogP contribution in [0.4, 0.5) is 0 Å². The molecule has 5 rings (SSSR count). The number of aromatic nitrogens is 5. The van der Waals surface area contributed by atoms with E-state index in [1.165, 1.54) is 22.0 Å². The van der Waals surface area contributed by atoms with E-state index in [1.807, 2.05) is 6.07 Å². The van der Waals surface area contributed by atoms with Crippen molar-refractivity contribution >= 4 is 40.4 Å². The Balaban J connectivity index is 1.44. The van der Waals surface area contributed by atoms with Crippen LogP contribution < -0.4 is 16.4 Å². The second-order valence-electron chi connectivity index (χ2n) is 12.5. The maximum Gasteiger partial charge on any atom is 0.286 e. The minimum absolute atomic E-state index is 0.0138. The molecule has 3 heterocycles. The predicted molar refractivity (Wildman–Crippen MR) is 164 cm³/mol. The number of nitrogens with two attached hydrogens (primary N) is 1. The van der Waals surface area contributed by atoms with Crippen LogP contribution in [0.5, 0.6) is 0 Å². The molecule has 1 saturated carbocycles. The number of hydrogen-bond acceptors (Lipinski definition) is 10. The van der Waals surface area contributed by atoms with Crippen molar-refractivity contribution in [2.45, 2.75) is 82.5 Å². The van der Waals surface area contributed by atoms with Gasteiger partial charge in [0.05, 0.1) is 41.7 Å². The van der Waals surface area contributed by atoms with Gasteiger partial charge in [0.1, 0.15) is 23.4 Å². The zero-order valence-corrected chi connectivity index (χ0v) is 25.9. The summed E-state index contributed by atoms with van der Waals surface area (Å²) in [7, 11) is 0. The van der Waals surface area contributed by atoms with Crippen molar-refractivity contribution in [1.29, 1.82) is 0 Å². The van der Waals surface area contributed by atoms with Gasteiger partial charge < -0.3 is 26.4 Å². The molecule has 4 amide bonds. The second-order valence-corrected chi connectivity index (χ2v) is 12.5. The van der Waals surface area contributed by atoms with Crippen LogP contribution in [0.1, 0.15) is 81.0 Å². The number of carbonyl (C=O) groups is 5. The van der Waals surface area contributed by atoms with Gasteiger partial charge in [0.2, 0.25) is 17.6 Å². The van der Waals surface area contributed by atoms with Crippen LogP contribution in [0, 0.1) is 5.92 Å². The number of rotatable bonds is 11. The van der Waals surface area contributed by atoms with E-state index in [-0.39, 0.29) is 24.6 Å². The monoisotopic (exact) mass is 633 g/mol. The van der Waals surface area contributed by atoms with E-state index in [4.69, 9.17) is 5.73 Å². The molecule has 2 aliphatic rings. The van der Waals surface area contributed by atoms with Crippen LogP contribution in [0.15, 0.2) is 36.7 Å². The van der Waals surface area contributed by atoms with Crippen molar-refractivity contribution in [3.05, 3.63) is 48.0 Å². The van der Waals surface area contributed by atoms with Gasteiger partial charge in [-0.05, 0) is 38.3 Å². The Morgan fingerprint density at radius 1 is 1.07 bits per heavy atom. The van der Waals surface area contributed by atoms with Crippen molar-refractivity contribution in [1.82, 2.24) is 40.5 Å². The lowest BCUT2D eigenvalue weighted by molar-refractivity contribution is -0.141. The van der Waals surface area contributed by atoms with Crippen molar-refractivity contribution < 1.29 is 29.1 Å².